The van der Waals surface area contributed by atoms with Gasteiger partial charge in [0, 0.05) is 29.2 Å². The van der Waals surface area contributed by atoms with Gasteiger partial charge >= 0.3 is 16.6 Å². The molecule has 2 N–H and O–H groups in total. The zero-order chi connectivity index (χ0) is 27.4. The van der Waals surface area contributed by atoms with Gasteiger partial charge in [0.25, 0.3) is 0 Å². The molecule has 2 heterocycles. The third-order valence-corrected chi connectivity index (χ3v) is 8.93. The van der Waals surface area contributed by atoms with Crippen molar-refractivity contribution in [1.29, 1.82) is 0 Å². The van der Waals surface area contributed by atoms with E-state index in [1.54, 1.807) is 38.3 Å². The molecule has 1 aromatic carbocycles. The maximum Gasteiger partial charge on any atom is 0.442 e. The number of aromatic amines is 1. The van der Waals surface area contributed by atoms with Crippen LogP contribution in [0.15, 0.2) is 38.6 Å². The topological polar surface area (TPSA) is 115 Å². The van der Waals surface area contributed by atoms with Gasteiger partial charge in [-0.15, -0.1) is 11.3 Å². The number of carbonyl (C=O) groups excluding carboxylic acids is 2. The molecule has 1 atom stereocenters. The highest BCUT2D eigenvalue weighted by Crippen LogP contribution is 2.44. The molecule has 0 aliphatic heterocycles. The molecule has 9 nitrogen and oxygen atoms in total. The molecule has 204 valence electrons. The molecule has 3 aromatic rings. The molecule has 0 radical (unpaired) electrons. The first-order chi connectivity index (χ1) is 18.1. The minimum absolute atomic E-state index is 0.146. The Bertz CT molecular complexity index is 1350. The Morgan fingerprint density at radius 3 is 2.66 bits per heavy atom. The number of esters is 1. The van der Waals surface area contributed by atoms with Crippen molar-refractivity contribution in [1.82, 2.24) is 5.27 Å². The van der Waals surface area contributed by atoms with Crippen LogP contribution < -0.4 is 20.4 Å². The standard InChI is InChI=1S/C27H33N3O6S2/c1-6-35-25(32)22-19-12-7-16(27(2,3)4)15-20(19)38-23(22)28-21(31)13-14-37-24-26(33)36-29-30(24)17-8-10-18(34-5)11-9-17/h8-11,16H,6-7,12-15H2,1-5H3,(H-,28,29,31,32,33)/p+1. The lowest BCUT2D eigenvalue weighted by Gasteiger charge is -2.33. The number of hydrogen-bond acceptors (Lipinski definition) is 8. The molecule has 0 bridgehead atoms. The number of rotatable bonds is 9. The summed E-state index contributed by atoms with van der Waals surface area (Å²) in [6.07, 6.45) is 2.82. The number of thiophene rings is 1. The second-order valence-electron chi connectivity index (χ2n) is 10.2. The number of H-pyrrole nitrogens is 1. The van der Waals surface area contributed by atoms with Gasteiger partial charge in [-0.2, -0.15) is 0 Å². The van der Waals surface area contributed by atoms with Crippen molar-refractivity contribution in [3.63, 3.8) is 0 Å². The smallest absolute Gasteiger partial charge is 0.442 e. The predicted molar refractivity (Wildman–Crippen MR) is 147 cm³/mol. The highest BCUT2D eigenvalue weighted by Gasteiger charge is 2.34. The lowest BCUT2D eigenvalue weighted by Crippen LogP contribution is -2.36. The number of ether oxygens (including phenoxy) is 2. The van der Waals surface area contributed by atoms with Crippen LogP contribution in [0.3, 0.4) is 0 Å². The summed E-state index contributed by atoms with van der Waals surface area (Å²) in [5.41, 5.74) is 1.84. The fraction of sp³-hybridized carbons (Fsp3) is 0.481. The SMILES string of the molecule is CCOC(=O)c1c(NC(=O)CCSc2c(=O)o[nH][n+]2-c2ccc(OC)cc2)sc2c1CCC(C(C)(C)C)C2. The summed E-state index contributed by atoms with van der Waals surface area (Å²) >= 11 is 2.69. The van der Waals surface area contributed by atoms with Gasteiger partial charge in [0.05, 0.1) is 19.3 Å². The lowest BCUT2D eigenvalue weighted by atomic mass is 9.72. The van der Waals surface area contributed by atoms with Crippen LogP contribution in [0.4, 0.5) is 5.00 Å². The number of amides is 1. The van der Waals surface area contributed by atoms with Crippen LogP contribution in [-0.2, 0) is 22.4 Å². The average Bonchev–Trinajstić information content (AvgIpc) is 3.43. The highest BCUT2D eigenvalue weighted by atomic mass is 32.2. The van der Waals surface area contributed by atoms with Gasteiger partial charge in [0.1, 0.15) is 10.8 Å². The molecule has 0 spiro atoms. The van der Waals surface area contributed by atoms with Crippen LogP contribution in [0.2, 0.25) is 0 Å². The molecule has 0 saturated carbocycles. The molecule has 38 heavy (non-hydrogen) atoms. The van der Waals surface area contributed by atoms with Crippen molar-refractivity contribution < 1.29 is 28.3 Å². The number of hydrogen-bond donors (Lipinski definition) is 2. The zero-order valence-corrected chi connectivity index (χ0v) is 24.0. The number of fused-ring (bicyclic) bond motifs is 1. The van der Waals surface area contributed by atoms with Crippen LogP contribution >= 0.6 is 23.1 Å². The van der Waals surface area contributed by atoms with Crippen molar-refractivity contribution in [2.75, 3.05) is 24.8 Å². The quantitative estimate of drug-likeness (QED) is 0.220. The first-order valence-electron chi connectivity index (χ1n) is 12.6. The Balaban J connectivity index is 1.45. The molecule has 1 amide bonds. The third kappa shape index (κ3) is 6.15. The van der Waals surface area contributed by atoms with E-state index in [-0.39, 0.29) is 24.3 Å². The van der Waals surface area contributed by atoms with E-state index in [1.807, 2.05) is 0 Å². The van der Waals surface area contributed by atoms with Crippen LogP contribution in [0, 0.1) is 11.3 Å². The van der Waals surface area contributed by atoms with Crippen LogP contribution in [0.5, 0.6) is 5.75 Å². The van der Waals surface area contributed by atoms with E-state index >= 15 is 0 Å². The first-order valence-corrected chi connectivity index (χ1v) is 14.4. The Kier molecular flexibility index (Phi) is 8.67. The zero-order valence-electron chi connectivity index (χ0n) is 22.3. The first kappa shape index (κ1) is 28.0. The van der Waals surface area contributed by atoms with E-state index < -0.39 is 11.6 Å². The number of anilines is 1. The molecular weight excluding hydrogens is 526 g/mol. The van der Waals surface area contributed by atoms with Crippen molar-refractivity contribution in [2.45, 2.75) is 58.4 Å². The minimum Gasteiger partial charge on any atom is -0.497 e. The molecule has 0 fully saturated rings. The van der Waals surface area contributed by atoms with E-state index in [0.717, 1.165) is 29.7 Å². The third-order valence-electron chi connectivity index (χ3n) is 6.73. The predicted octanol–water partition coefficient (Wildman–Crippen LogP) is 4.76. The monoisotopic (exact) mass is 560 g/mol. The van der Waals surface area contributed by atoms with Crippen molar-refractivity contribution in [2.24, 2.45) is 11.3 Å². The summed E-state index contributed by atoms with van der Waals surface area (Å²) in [6.45, 7) is 8.77. The summed E-state index contributed by atoms with van der Waals surface area (Å²) in [6, 6.07) is 7.14. The fourth-order valence-electron chi connectivity index (χ4n) is 4.55. The minimum atomic E-state index is -0.518. The molecule has 4 rings (SSSR count). The summed E-state index contributed by atoms with van der Waals surface area (Å²) < 4.78 is 17.0. The molecule has 2 aromatic heterocycles. The van der Waals surface area contributed by atoms with Crippen molar-refractivity contribution in [3.05, 3.63) is 50.7 Å². The number of benzene rings is 1. The van der Waals surface area contributed by atoms with E-state index in [9.17, 15) is 14.4 Å². The normalized spacial score (nSPS) is 15.1. The van der Waals surface area contributed by atoms with Crippen LogP contribution in [0.1, 0.15) is 61.3 Å². The molecule has 0 saturated heterocycles. The average molecular weight is 561 g/mol. The summed E-state index contributed by atoms with van der Waals surface area (Å²) in [4.78, 5) is 39.2. The second kappa shape index (κ2) is 11.8. The van der Waals surface area contributed by atoms with E-state index in [2.05, 4.69) is 31.4 Å². The maximum absolute atomic E-state index is 12.9. The summed E-state index contributed by atoms with van der Waals surface area (Å²) in [5.74, 6) is 0.919. The molecular formula is C27H34N3O6S2+. The summed E-state index contributed by atoms with van der Waals surface area (Å²) in [5, 5.41) is 6.42. The van der Waals surface area contributed by atoms with Gasteiger partial charge in [0.2, 0.25) is 11.6 Å². The Labute approximate surface area is 229 Å². The second-order valence-corrected chi connectivity index (χ2v) is 12.4. The molecule has 11 heteroatoms. The number of thioether (sulfide) groups is 1. The number of methoxy groups -OCH3 is 1. The Morgan fingerprint density at radius 2 is 2.00 bits per heavy atom. The van der Waals surface area contributed by atoms with Gasteiger partial charge in [0.15, 0.2) is 0 Å². The van der Waals surface area contributed by atoms with Gasteiger partial charge in [-0.05, 0) is 76.9 Å². The molecule has 1 unspecified atom stereocenters. The van der Waals surface area contributed by atoms with Crippen molar-refractivity contribution >= 4 is 40.0 Å². The lowest BCUT2D eigenvalue weighted by molar-refractivity contribution is -0.704. The number of nitrogens with one attached hydrogen (secondary N) is 2. The Morgan fingerprint density at radius 1 is 1.26 bits per heavy atom. The fourth-order valence-corrected chi connectivity index (χ4v) is 6.79. The van der Waals surface area contributed by atoms with Gasteiger partial charge in [-0.1, -0.05) is 20.8 Å². The van der Waals surface area contributed by atoms with E-state index in [1.165, 1.54) is 27.8 Å². The van der Waals surface area contributed by atoms with Gasteiger partial charge in [-0.25, -0.2) is 9.59 Å². The molecule has 1 aliphatic rings. The highest BCUT2D eigenvalue weighted by molar-refractivity contribution is 7.99. The van der Waals surface area contributed by atoms with E-state index in [0.29, 0.717) is 38.7 Å². The van der Waals surface area contributed by atoms with Crippen LogP contribution in [0.25, 0.3) is 5.69 Å². The van der Waals surface area contributed by atoms with Crippen LogP contribution in [-0.4, -0.2) is 36.6 Å². The summed E-state index contributed by atoms with van der Waals surface area (Å²) in [7, 11) is 1.58. The Hall–Kier alpha value is -3.05. The van der Waals surface area contributed by atoms with Gasteiger partial charge < -0.3 is 14.8 Å². The largest absolute Gasteiger partial charge is 0.497 e. The molecule has 1 aliphatic carbocycles. The van der Waals surface area contributed by atoms with Crippen molar-refractivity contribution in [3.8, 4) is 11.4 Å². The number of carbonyl (C=O) groups is 2. The van der Waals surface area contributed by atoms with Gasteiger partial charge in [-0.3, -0.25) is 9.32 Å². The maximum atomic E-state index is 12.9. The van der Waals surface area contributed by atoms with E-state index in [4.69, 9.17) is 14.0 Å². The number of aromatic nitrogens is 2. The number of nitrogens with zero attached hydrogens (tertiary/aromatic N) is 1.